The van der Waals surface area contributed by atoms with E-state index in [1.54, 1.807) is 17.4 Å². The van der Waals surface area contributed by atoms with Crippen molar-refractivity contribution in [2.75, 3.05) is 26.7 Å². The first kappa shape index (κ1) is 23.0. The summed E-state index contributed by atoms with van der Waals surface area (Å²) in [5, 5.41) is 25.7. The normalized spacial score (nSPS) is 17.0. The predicted molar refractivity (Wildman–Crippen MR) is 127 cm³/mol. The Morgan fingerprint density at radius 1 is 1.31 bits per heavy atom. The Labute approximate surface area is 202 Å². The summed E-state index contributed by atoms with van der Waals surface area (Å²) in [5.74, 6) is 1.11. The van der Waals surface area contributed by atoms with Gasteiger partial charge in [0.25, 0.3) is 0 Å². The molecule has 35 heavy (non-hydrogen) atoms. The van der Waals surface area contributed by atoms with Gasteiger partial charge in [-0.2, -0.15) is 5.21 Å². The molecule has 0 unspecified atom stereocenters. The summed E-state index contributed by atoms with van der Waals surface area (Å²) in [6, 6.07) is 13.4. The summed E-state index contributed by atoms with van der Waals surface area (Å²) in [6.45, 7) is 2.19. The van der Waals surface area contributed by atoms with Gasteiger partial charge in [0.15, 0.2) is 6.61 Å². The molecule has 4 aromatic rings. The average Bonchev–Trinajstić information content (AvgIpc) is 3.63. The summed E-state index contributed by atoms with van der Waals surface area (Å²) >= 11 is 0. The Kier molecular flexibility index (Phi) is 6.73. The number of aromatic nitrogens is 4. The lowest BCUT2D eigenvalue weighted by atomic mass is 10.0. The van der Waals surface area contributed by atoms with E-state index < -0.39 is 0 Å². The number of benzene rings is 2. The molecule has 2 atom stereocenters. The molecule has 0 radical (unpaired) electrons. The van der Waals surface area contributed by atoms with Crippen molar-refractivity contribution in [3.63, 3.8) is 0 Å². The number of ether oxygens (including phenoxy) is 1. The summed E-state index contributed by atoms with van der Waals surface area (Å²) in [7, 11) is 1.84. The molecule has 1 saturated heterocycles. The Morgan fingerprint density at radius 3 is 3.00 bits per heavy atom. The van der Waals surface area contributed by atoms with E-state index in [0.29, 0.717) is 24.7 Å². The van der Waals surface area contributed by atoms with Crippen LogP contribution in [0, 0.1) is 0 Å². The van der Waals surface area contributed by atoms with Gasteiger partial charge < -0.3 is 19.2 Å². The highest BCUT2D eigenvalue weighted by Gasteiger charge is 2.28. The number of hydrogen-bond acceptors (Lipinski definition) is 8. The van der Waals surface area contributed by atoms with Crippen LogP contribution in [-0.4, -0.2) is 74.2 Å². The minimum atomic E-state index is -0.333. The zero-order valence-corrected chi connectivity index (χ0v) is 19.5. The standard InChI is InChI=1S/C25H28N6O4/c1-30(25(33)11-17-4-2-6-19-14-34-15-22(17)19)23(13-31-9-8-20(32)12-31)18-5-3-7-21(10-18)35-16-24-26-28-29-27-24/h2-7,10,14-15,20,23,32H,8-9,11-13,16H2,1H3,(H,26,27,28,29)/t20-,23+/m0/s1. The van der Waals surface area contributed by atoms with Crippen LogP contribution >= 0.6 is 0 Å². The van der Waals surface area contributed by atoms with Crippen LogP contribution in [0.4, 0.5) is 0 Å². The van der Waals surface area contributed by atoms with E-state index in [9.17, 15) is 9.90 Å². The highest BCUT2D eigenvalue weighted by atomic mass is 16.5. The summed E-state index contributed by atoms with van der Waals surface area (Å²) in [4.78, 5) is 17.5. The van der Waals surface area contributed by atoms with Crippen LogP contribution in [0.25, 0.3) is 10.8 Å². The lowest BCUT2D eigenvalue weighted by molar-refractivity contribution is -0.131. The molecular weight excluding hydrogens is 448 g/mol. The second kappa shape index (κ2) is 10.2. The topological polar surface area (TPSA) is 121 Å². The van der Waals surface area contributed by atoms with Crippen LogP contribution in [0.3, 0.4) is 0 Å². The van der Waals surface area contributed by atoms with Gasteiger partial charge in [-0.1, -0.05) is 35.5 Å². The maximum absolute atomic E-state index is 13.5. The molecule has 10 heteroatoms. The number of β-amino-alcohol motifs (C(OH)–C–C–N with tert-alkyl or cyclic N) is 1. The number of likely N-dealkylation sites (tertiary alicyclic amines) is 1. The summed E-state index contributed by atoms with van der Waals surface area (Å²) < 4.78 is 11.2. The molecule has 1 aliphatic rings. The number of amides is 1. The van der Waals surface area contributed by atoms with Crippen LogP contribution in [0.1, 0.15) is 29.4 Å². The maximum Gasteiger partial charge on any atom is 0.227 e. The number of nitrogens with zero attached hydrogens (tertiary/aromatic N) is 5. The molecule has 0 saturated carbocycles. The van der Waals surface area contributed by atoms with Crippen molar-refractivity contribution < 1.29 is 19.1 Å². The van der Waals surface area contributed by atoms with Gasteiger partial charge in [0.05, 0.1) is 31.1 Å². The summed E-state index contributed by atoms with van der Waals surface area (Å²) in [6.07, 6.45) is 4.04. The highest BCUT2D eigenvalue weighted by Crippen LogP contribution is 2.28. The lowest BCUT2D eigenvalue weighted by Crippen LogP contribution is -2.39. The Hall–Kier alpha value is -3.76. The van der Waals surface area contributed by atoms with Gasteiger partial charge in [0, 0.05) is 37.5 Å². The van der Waals surface area contributed by atoms with Crippen LogP contribution in [0.2, 0.25) is 0 Å². The second-order valence-electron chi connectivity index (χ2n) is 8.88. The molecular formula is C25H28N6O4. The van der Waals surface area contributed by atoms with Gasteiger partial charge in [-0.15, -0.1) is 10.2 Å². The van der Waals surface area contributed by atoms with Gasteiger partial charge in [0.2, 0.25) is 11.7 Å². The SMILES string of the molecule is CN(C(=O)Cc1cccc2cocc12)[C@H](CN1CC[C@H](O)C1)c1cccc(OCc2nn[nH]n2)c1. The maximum atomic E-state index is 13.5. The molecule has 0 spiro atoms. The van der Waals surface area contributed by atoms with Gasteiger partial charge >= 0.3 is 0 Å². The van der Waals surface area contributed by atoms with Gasteiger partial charge in [-0.25, -0.2) is 0 Å². The van der Waals surface area contributed by atoms with Crippen molar-refractivity contribution in [1.29, 1.82) is 0 Å². The number of hydrogen-bond donors (Lipinski definition) is 2. The Bertz CT molecular complexity index is 1270. The van der Waals surface area contributed by atoms with E-state index in [0.717, 1.165) is 34.9 Å². The fourth-order valence-corrected chi connectivity index (χ4v) is 4.55. The van der Waals surface area contributed by atoms with Crippen LogP contribution in [0.15, 0.2) is 59.4 Å². The molecule has 1 fully saturated rings. The number of carbonyl (C=O) groups is 1. The lowest BCUT2D eigenvalue weighted by Gasteiger charge is -2.32. The number of nitrogens with one attached hydrogen (secondary N) is 1. The smallest absolute Gasteiger partial charge is 0.227 e. The molecule has 0 aliphatic carbocycles. The minimum Gasteiger partial charge on any atom is -0.485 e. The van der Waals surface area contributed by atoms with Crippen molar-refractivity contribution in [2.24, 2.45) is 0 Å². The van der Waals surface area contributed by atoms with Crippen molar-refractivity contribution in [2.45, 2.75) is 31.6 Å². The number of tetrazole rings is 1. The number of aliphatic hydroxyl groups excluding tert-OH is 1. The first-order chi connectivity index (χ1) is 17.1. The first-order valence-corrected chi connectivity index (χ1v) is 11.6. The van der Waals surface area contributed by atoms with Crippen LogP contribution < -0.4 is 4.74 Å². The fraction of sp³-hybridized carbons (Fsp3) is 0.360. The van der Waals surface area contributed by atoms with E-state index in [1.807, 2.05) is 49.5 Å². The molecule has 3 heterocycles. The molecule has 182 valence electrons. The molecule has 10 nitrogen and oxygen atoms in total. The number of aliphatic hydroxyl groups is 1. The number of carbonyl (C=O) groups excluding carboxylic acids is 1. The number of fused-ring (bicyclic) bond motifs is 1. The van der Waals surface area contributed by atoms with E-state index in [-0.39, 0.29) is 31.1 Å². The first-order valence-electron chi connectivity index (χ1n) is 11.6. The molecule has 5 rings (SSSR count). The van der Waals surface area contributed by atoms with Crippen molar-refractivity contribution in [3.8, 4) is 5.75 Å². The number of furan rings is 1. The summed E-state index contributed by atoms with van der Waals surface area (Å²) in [5.41, 5.74) is 1.88. The van der Waals surface area contributed by atoms with E-state index in [1.165, 1.54) is 0 Å². The quantitative estimate of drug-likeness (QED) is 0.378. The number of aromatic amines is 1. The minimum absolute atomic E-state index is 0.00145. The molecule has 2 N–H and O–H groups in total. The monoisotopic (exact) mass is 476 g/mol. The predicted octanol–water partition coefficient (Wildman–Crippen LogP) is 2.33. The number of likely N-dealkylation sites (N-methyl/N-ethyl adjacent to an activating group) is 1. The van der Waals surface area contributed by atoms with E-state index in [4.69, 9.17) is 9.15 Å². The van der Waals surface area contributed by atoms with Crippen LogP contribution in [0.5, 0.6) is 5.75 Å². The third-order valence-corrected chi connectivity index (χ3v) is 6.49. The molecule has 1 aliphatic heterocycles. The Morgan fingerprint density at radius 2 is 2.20 bits per heavy atom. The third-order valence-electron chi connectivity index (χ3n) is 6.49. The zero-order chi connectivity index (χ0) is 24.2. The third kappa shape index (κ3) is 5.33. The fourth-order valence-electron chi connectivity index (χ4n) is 4.55. The van der Waals surface area contributed by atoms with Gasteiger partial charge in [0.1, 0.15) is 5.75 Å². The zero-order valence-electron chi connectivity index (χ0n) is 19.5. The Balaban J connectivity index is 1.36. The van der Waals surface area contributed by atoms with E-state index in [2.05, 4.69) is 25.5 Å². The van der Waals surface area contributed by atoms with Gasteiger partial charge in [-0.3, -0.25) is 9.69 Å². The van der Waals surface area contributed by atoms with E-state index >= 15 is 0 Å². The van der Waals surface area contributed by atoms with Crippen LogP contribution in [-0.2, 0) is 17.8 Å². The molecule has 1 amide bonds. The largest absolute Gasteiger partial charge is 0.485 e. The number of H-pyrrole nitrogens is 1. The van der Waals surface area contributed by atoms with Crippen molar-refractivity contribution >= 4 is 16.7 Å². The molecule has 2 aromatic carbocycles. The van der Waals surface area contributed by atoms with Gasteiger partial charge in [-0.05, 0) is 29.7 Å². The average molecular weight is 477 g/mol. The number of rotatable bonds is 9. The molecule has 2 aromatic heterocycles. The second-order valence-corrected chi connectivity index (χ2v) is 8.88. The molecule has 0 bridgehead atoms. The van der Waals surface area contributed by atoms with Crippen molar-refractivity contribution in [1.82, 2.24) is 30.4 Å². The van der Waals surface area contributed by atoms with Crippen molar-refractivity contribution in [3.05, 3.63) is 71.9 Å². The highest BCUT2D eigenvalue weighted by molar-refractivity contribution is 5.89.